The van der Waals surface area contributed by atoms with E-state index in [-0.39, 0.29) is 11.9 Å². The number of hydroxylamine groups is 2. The third kappa shape index (κ3) is 7.73. The van der Waals surface area contributed by atoms with Crippen LogP contribution < -0.4 is 9.47 Å². The lowest BCUT2D eigenvalue weighted by Crippen LogP contribution is -2.36. The number of ether oxygens (including phenoxy) is 3. The molecule has 0 saturated carbocycles. The van der Waals surface area contributed by atoms with Gasteiger partial charge in [-0.15, -0.1) is 5.06 Å². The van der Waals surface area contributed by atoms with E-state index in [1.807, 2.05) is 35.9 Å². The van der Waals surface area contributed by atoms with E-state index in [2.05, 4.69) is 0 Å². The molecule has 42 heavy (non-hydrogen) atoms. The number of aliphatic hydroxyl groups is 1. The Kier molecular flexibility index (Phi) is 11.1. The van der Waals surface area contributed by atoms with Gasteiger partial charge in [-0.2, -0.15) is 0 Å². The molecule has 1 N–H and O–H groups in total. The van der Waals surface area contributed by atoms with Crippen LogP contribution in [-0.4, -0.2) is 60.1 Å². The number of aliphatic hydroxyl groups excluding tert-OH is 1. The highest BCUT2D eigenvalue weighted by Crippen LogP contribution is 2.40. The Morgan fingerprint density at radius 1 is 1.07 bits per heavy atom. The van der Waals surface area contributed by atoms with Crippen molar-refractivity contribution in [3.05, 3.63) is 82.6 Å². The molecule has 3 aromatic rings. The topological polar surface area (TPSA) is 99.5 Å². The molecule has 0 radical (unpaired) electrons. The number of hydrogen-bond acceptors (Lipinski definition) is 8. The Hall–Kier alpha value is -3.79. The summed E-state index contributed by atoms with van der Waals surface area (Å²) in [5, 5.41) is 13.7. The molecule has 1 fully saturated rings. The number of hydrogen-bond donors (Lipinski definition) is 1. The van der Waals surface area contributed by atoms with Crippen molar-refractivity contribution in [3.63, 3.8) is 0 Å². The molecule has 224 valence electrons. The van der Waals surface area contributed by atoms with Gasteiger partial charge in [0.15, 0.2) is 11.5 Å². The van der Waals surface area contributed by atoms with Crippen molar-refractivity contribution in [2.75, 3.05) is 33.4 Å². The predicted octanol–water partition coefficient (Wildman–Crippen LogP) is 5.76. The maximum absolute atomic E-state index is 12.6. The van der Waals surface area contributed by atoms with Gasteiger partial charge in [-0.1, -0.05) is 23.7 Å². The first-order chi connectivity index (χ1) is 20.3. The SMILES string of the molecule is CCOC(=O)CC1CCN(OC(=O)C=Cc2cccn2-c2ccc(Cl)cc2C(O)c2cccc(OC)c2OCC)CC1. The van der Waals surface area contributed by atoms with Gasteiger partial charge in [0.1, 0.15) is 6.10 Å². The van der Waals surface area contributed by atoms with Gasteiger partial charge in [0, 0.05) is 53.6 Å². The average molecular weight is 597 g/mol. The van der Waals surface area contributed by atoms with Crippen LogP contribution in [0.5, 0.6) is 11.5 Å². The Bertz CT molecular complexity index is 1400. The summed E-state index contributed by atoms with van der Waals surface area (Å²) < 4.78 is 18.2. The minimum absolute atomic E-state index is 0.187. The number of para-hydroxylation sites is 1. The summed E-state index contributed by atoms with van der Waals surface area (Å²) in [6, 6.07) is 14.3. The van der Waals surface area contributed by atoms with Gasteiger partial charge in [0.25, 0.3) is 0 Å². The van der Waals surface area contributed by atoms with Gasteiger partial charge in [0.2, 0.25) is 0 Å². The van der Waals surface area contributed by atoms with Crippen molar-refractivity contribution < 1.29 is 33.7 Å². The molecular formula is C32H37ClN2O7. The molecule has 0 bridgehead atoms. The van der Waals surface area contributed by atoms with Crippen LogP contribution in [0.2, 0.25) is 5.02 Å². The van der Waals surface area contributed by atoms with Crippen LogP contribution in [0.3, 0.4) is 0 Å². The first-order valence-corrected chi connectivity index (χ1v) is 14.5. The minimum Gasteiger partial charge on any atom is -0.493 e. The molecule has 0 aliphatic carbocycles. The average Bonchev–Trinajstić information content (AvgIpc) is 3.45. The predicted molar refractivity (Wildman–Crippen MR) is 160 cm³/mol. The van der Waals surface area contributed by atoms with Gasteiger partial charge in [0.05, 0.1) is 26.0 Å². The fourth-order valence-electron chi connectivity index (χ4n) is 5.06. The maximum atomic E-state index is 12.6. The zero-order valence-corrected chi connectivity index (χ0v) is 24.9. The molecule has 2 heterocycles. The minimum atomic E-state index is -1.08. The summed E-state index contributed by atoms with van der Waals surface area (Å²) in [6.07, 6.45) is 5.69. The number of esters is 1. The van der Waals surface area contributed by atoms with E-state index in [0.717, 1.165) is 12.8 Å². The maximum Gasteiger partial charge on any atom is 0.349 e. The van der Waals surface area contributed by atoms with Crippen molar-refractivity contribution in [1.82, 2.24) is 9.63 Å². The Balaban J connectivity index is 1.49. The standard InChI is InChI=1S/C32H37ClN2O7/c1-4-40-30(37)20-22-15-18-34(19-16-22)42-29(36)14-12-24-8-7-17-35(24)27-13-11-23(33)21-26(27)31(38)25-9-6-10-28(39-3)32(25)41-5-2/h6-14,17,21-22,31,38H,4-5,15-16,18-20H2,1-3H3. The molecule has 1 aliphatic heterocycles. The molecule has 2 aromatic carbocycles. The van der Waals surface area contributed by atoms with Crippen LogP contribution >= 0.6 is 11.6 Å². The Morgan fingerprint density at radius 2 is 1.86 bits per heavy atom. The van der Waals surface area contributed by atoms with E-state index in [4.69, 9.17) is 30.6 Å². The number of piperidine rings is 1. The second-order valence-corrected chi connectivity index (χ2v) is 10.3. The first kappa shape index (κ1) is 31.2. The third-order valence-electron chi connectivity index (χ3n) is 7.08. The van der Waals surface area contributed by atoms with E-state index in [0.29, 0.717) is 71.8 Å². The highest BCUT2D eigenvalue weighted by molar-refractivity contribution is 6.30. The normalized spacial score (nSPS) is 15.0. The summed E-state index contributed by atoms with van der Waals surface area (Å²) in [5.74, 6) is 0.516. The zero-order valence-electron chi connectivity index (χ0n) is 24.1. The van der Waals surface area contributed by atoms with Crippen LogP contribution in [0.25, 0.3) is 11.8 Å². The van der Waals surface area contributed by atoms with Crippen molar-refractivity contribution in [2.45, 2.75) is 39.2 Å². The van der Waals surface area contributed by atoms with Crippen LogP contribution in [0.1, 0.15) is 56.0 Å². The molecule has 1 aromatic heterocycles. The quantitative estimate of drug-likeness (QED) is 0.208. The van der Waals surface area contributed by atoms with Gasteiger partial charge in [-0.05, 0) is 75.1 Å². The second kappa shape index (κ2) is 14.9. The van der Waals surface area contributed by atoms with E-state index in [1.165, 1.54) is 6.08 Å². The highest BCUT2D eigenvalue weighted by Gasteiger charge is 2.25. The van der Waals surface area contributed by atoms with Crippen LogP contribution in [-0.2, 0) is 19.2 Å². The van der Waals surface area contributed by atoms with Crippen molar-refractivity contribution in [3.8, 4) is 17.2 Å². The number of benzene rings is 2. The highest BCUT2D eigenvalue weighted by atomic mass is 35.5. The molecule has 1 saturated heterocycles. The van der Waals surface area contributed by atoms with E-state index in [9.17, 15) is 14.7 Å². The fourth-order valence-corrected chi connectivity index (χ4v) is 5.24. The molecular weight excluding hydrogens is 560 g/mol. The molecule has 0 amide bonds. The Labute approximate surface area is 251 Å². The van der Waals surface area contributed by atoms with Gasteiger partial charge < -0.3 is 28.7 Å². The fraction of sp³-hybridized carbons (Fsp3) is 0.375. The van der Waals surface area contributed by atoms with Crippen LogP contribution in [0.4, 0.5) is 0 Å². The molecule has 4 rings (SSSR count). The van der Waals surface area contributed by atoms with E-state index in [1.54, 1.807) is 55.5 Å². The largest absolute Gasteiger partial charge is 0.493 e. The summed E-state index contributed by atoms with van der Waals surface area (Å²) in [5.41, 5.74) is 2.47. The van der Waals surface area contributed by atoms with Crippen LogP contribution in [0.15, 0.2) is 60.8 Å². The first-order valence-electron chi connectivity index (χ1n) is 14.1. The lowest BCUT2D eigenvalue weighted by Gasteiger charge is -2.29. The number of aromatic nitrogens is 1. The van der Waals surface area contributed by atoms with Gasteiger partial charge in [-0.3, -0.25) is 4.79 Å². The second-order valence-electron chi connectivity index (χ2n) is 9.85. The number of methoxy groups -OCH3 is 1. The number of nitrogens with zero attached hydrogens (tertiary/aromatic N) is 2. The number of carbonyl (C=O) groups excluding carboxylic acids is 2. The molecule has 1 unspecified atom stereocenters. The molecule has 1 atom stereocenters. The number of halogens is 1. The lowest BCUT2D eigenvalue weighted by atomic mass is 9.94. The summed E-state index contributed by atoms with van der Waals surface area (Å²) >= 11 is 6.37. The zero-order chi connectivity index (χ0) is 30.1. The van der Waals surface area contributed by atoms with Crippen molar-refractivity contribution in [2.24, 2.45) is 5.92 Å². The lowest BCUT2D eigenvalue weighted by molar-refractivity contribution is -0.190. The smallest absolute Gasteiger partial charge is 0.349 e. The van der Waals surface area contributed by atoms with Crippen LogP contribution in [0, 0.1) is 5.92 Å². The monoisotopic (exact) mass is 596 g/mol. The molecule has 0 spiro atoms. The van der Waals surface area contributed by atoms with Gasteiger partial charge in [-0.25, -0.2) is 4.79 Å². The van der Waals surface area contributed by atoms with Crippen molar-refractivity contribution >= 4 is 29.6 Å². The van der Waals surface area contributed by atoms with E-state index < -0.39 is 12.1 Å². The summed E-state index contributed by atoms with van der Waals surface area (Å²) in [4.78, 5) is 29.9. The Morgan fingerprint density at radius 3 is 2.57 bits per heavy atom. The van der Waals surface area contributed by atoms with E-state index >= 15 is 0 Å². The molecule has 10 heteroatoms. The summed E-state index contributed by atoms with van der Waals surface area (Å²) in [6.45, 7) is 5.55. The van der Waals surface area contributed by atoms with Crippen molar-refractivity contribution in [1.29, 1.82) is 0 Å². The van der Waals surface area contributed by atoms with Gasteiger partial charge >= 0.3 is 11.9 Å². The summed E-state index contributed by atoms with van der Waals surface area (Å²) in [7, 11) is 1.55. The molecule has 1 aliphatic rings. The third-order valence-corrected chi connectivity index (χ3v) is 7.32. The molecule has 9 nitrogen and oxygen atoms in total. The number of carbonyl (C=O) groups is 2. The number of rotatable bonds is 12.